The Balaban J connectivity index is 1.71. The summed E-state index contributed by atoms with van der Waals surface area (Å²) in [6.45, 7) is 0.290. The van der Waals surface area contributed by atoms with Crippen molar-refractivity contribution in [1.29, 1.82) is 0 Å². The fraction of sp³-hybridized carbons (Fsp3) is 0.211. The Morgan fingerprint density at radius 2 is 1.83 bits per heavy atom. The van der Waals surface area contributed by atoms with Crippen LogP contribution in [0.2, 0.25) is 10.0 Å². The highest BCUT2D eigenvalue weighted by Crippen LogP contribution is 2.27. The van der Waals surface area contributed by atoms with E-state index in [1.54, 1.807) is 36.4 Å². The summed E-state index contributed by atoms with van der Waals surface area (Å²) in [5, 5.41) is 3.33. The number of nitrogens with one attached hydrogen (secondary N) is 3. The van der Waals surface area contributed by atoms with E-state index in [2.05, 4.69) is 32.1 Å². The highest BCUT2D eigenvalue weighted by Gasteiger charge is 2.14. The van der Waals surface area contributed by atoms with Gasteiger partial charge in [0.1, 0.15) is 11.5 Å². The van der Waals surface area contributed by atoms with Gasteiger partial charge in [-0.25, -0.2) is 0 Å². The van der Waals surface area contributed by atoms with E-state index in [0.29, 0.717) is 44.6 Å². The molecule has 0 spiro atoms. The summed E-state index contributed by atoms with van der Waals surface area (Å²) in [6.07, 6.45) is 0.620. The van der Waals surface area contributed by atoms with Crippen LogP contribution in [0.1, 0.15) is 23.2 Å². The lowest BCUT2D eigenvalue weighted by molar-refractivity contribution is -0.121. The van der Waals surface area contributed by atoms with E-state index in [9.17, 15) is 9.59 Å². The van der Waals surface area contributed by atoms with Gasteiger partial charge in [-0.3, -0.25) is 25.8 Å². The fourth-order valence-corrected chi connectivity index (χ4v) is 3.22. The molecule has 0 fully saturated rings. The topological polar surface area (TPSA) is 88.7 Å². The quantitative estimate of drug-likeness (QED) is 0.279. The zero-order valence-corrected chi connectivity index (χ0v) is 19.7. The van der Waals surface area contributed by atoms with E-state index in [0.717, 1.165) is 0 Å². The normalized spacial score (nSPS) is 10.1. The molecule has 0 heterocycles. The lowest BCUT2D eigenvalue weighted by Crippen LogP contribution is -2.48. The van der Waals surface area contributed by atoms with Crippen molar-refractivity contribution in [2.75, 3.05) is 13.7 Å². The molecule has 7 nitrogen and oxygen atoms in total. The van der Waals surface area contributed by atoms with Crippen molar-refractivity contribution in [3.63, 3.8) is 0 Å². The molecule has 30 heavy (non-hydrogen) atoms. The van der Waals surface area contributed by atoms with Crippen LogP contribution in [0.5, 0.6) is 11.5 Å². The van der Waals surface area contributed by atoms with Crippen molar-refractivity contribution in [2.24, 2.45) is 0 Å². The van der Waals surface area contributed by atoms with Crippen LogP contribution < -0.4 is 25.6 Å². The van der Waals surface area contributed by atoms with Crippen LogP contribution in [-0.2, 0) is 4.79 Å². The maximum absolute atomic E-state index is 12.3. The smallest absolute Gasteiger partial charge is 0.261 e. The lowest BCUT2D eigenvalue weighted by Gasteiger charge is -2.13. The molecule has 0 unspecified atom stereocenters. The molecule has 0 saturated carbocycles. The molecule has 0 bridgehead atoms. The number of thiocarbonyl (C=S) groups is 1. The first-order valence-corrected chi connectivity index (χ1v) is 10.6. The lowest BCUT2D eigenvalue weighted by atomic mass is 10.2. The zero-order chi connectivity index (χ0) is 22.1. The molecule has 0 atom stereocenters. The number of halogens is 3. The first-order chi connectivity index (χ1) is 14.3. The maximum Gasteiger partial charge on any atom is 0.261 e. The molecule has 0 saturated heterocycles. The largest absolute Gasteiger partial charge is 0.496 e. The second kappa shape index (κ2) is 11.9. The molecule has 0 aliphatic carbocycles. The second-order valence-corrected chi connectivity index (χ2v) is 8.00. The Bertz CT molecular complexity index is 946. The number of rotatable bonds is 7. The molecular formula is C19H18BrCl2N3O4S. The van der Waals surface area contributed by atoms with Gasteiger partial charge < -0.3 is 9.47 Å². The zero-order valence-electron chi connectivity index (χ0n) is 15.8. The molecule has 2 aromatic carbocycles. The minimum absolute atomic E-state index is 0.0559. The van der Waals surface area contributed by atoms with Crippen LogP contribution in [0.25, 0.3) is 0 Å². The van der Waals surface area contributed by atoms with Gasteiger partial charge in [-0.2, -0.15) is 0 Å². The standard InChI is InChI=1S/C19H18BrCl2N3O4S/c1-28-15-6-4-11(20)9-13(15)18(27)23-19(30)25-24-17(26)3-2-8-29-16-7-5-12(21)10-14(16)22/h4-7,9-10H,2-3,8H2,1H3,(H,24,26)(H2,23,25,27,30). The number of hydrazine groups is 1. The van der Waals surface area contributed by atoms with E-state index >= 15 is 0 Å². The molecule has 2 aromatic rings. The van der Waals surface area contributed by atoms with Crippen molar-refractivity contribution in [3.8, 4) is 11.5 Å². The van der Waals surface area contributed by atoms with Gasteiger partial charge in [0.15, 0.2) is 5.11 Å². The minimum Gasteiger partial charge on any atom is -0.496 e. The number of benzene rings is 2. The summed E-state index contributed by atoms with van der Waals surface area (Å²) in [5.74, 6) is 0.0837. The Labute approximate surface area is 197 Å². The van der Waals surface area contributed by atoms with Crippen molar-refractivity contribution < 1.29 is 19.1 Å². The predicted octanol–water partition coefficient (Wildman–Crippen LogP) is 4.26. The van der Waals surface area contributed by atoms with E-state index in [1.165, 1.54) is 7.11 Å². The van der Waals surface area contributed by atoms with Crippen LogP contribution in [-0.4, -0.2) is 30.6 Å². The van der Waals surface area contributed by atoms with E-state index in [4.69, 9.17) is 44.9 Å². The molecule has 11 heteroatoms. The average Bonchev–Trinajstić information content (AvgIpc) is 2.70. The number of ether oxygens (including phenoxy) is 2. The molecule has 2 amide bonds. The average molecular weight is 535 g/mol. The van der Waals surface area contributed by atoms with Crippen LogP contribution >= 0.6 is 51.3 Å². The van der Waals surface area contributed by atoms with Crippen molar-refractivity contribution in [1.82, 2.24) is 16.2 Å². The highest BCUT2D eigenvalue weighted by molar-refractivity contribution is 9.10. The third kappa shape index (κ3) is 7.64. The molecular weight excluding hydrogens is 517 g/mol. The van der Waals surface area contributed by atoms with Gasteiger partial charge in [0.2, 0.25) is 5.91 Å². The number of amides is 2. The molecule has 0 aliphatic rings. The van der Waals surface area contributed by atoms with Gasteiger partial charge in [-0.1, -0.05) is 39.1 Å². The first kappa shape index (κ1) is 24.2. The van der Waals surface area contributed by atoms with Crippen LogP contribution in [0.3, 0.4) is 0 Å². The van der Waals surface area contributed by atoms with E-state index in [-0.39, 0.29) is 17.4 Å². The number of carbonyl (C=O) groups excluding carboxylic acids is 2. The summed E-state index contributed by atoms with van der Waals surface area (Å²) in [6, 6.07) is 9.90. The van der Waals surface area contributed by atoms with Gasteiger partial charge in [0.25, 0.3) is 5.91 Å². The van der Waals surface area contributed by atoms with Crippen molar-refractivity contribution >= 4 is 68.3 Å². The molecule has 160 valence electrons. The van der Waals surface area contributed by atoms with Crippen molar-refractivity contribution in [2.45, 2.75) is 12.8 Å². The molecule has 2 rings (SSSR count). The van der Waals surface area contributed by atoms with Crippen LogP contribution in [0, 0.1) is 0 Å². The SMILES string of the molecule is COc1ccc(Br)cc1C(=O)NC(=S)NNC(=O)CCCOc1ccc(Cl)cc1Cl. The number of hydrogen-bond acceptors (Lipinski definition) is 5. The fourth-order valence-electron chi connectivity index (χ4n) is 2.26. The predicted molar refractivity (Wildman–Crippen MR) is 123 cm³/mol. The Kier molecular flexibility index (Phi) is 9.64. The van der Waals surface area contributed by atoms with Gasteiger partial charge in [-0.05, 0) is 55.0 Å². The van der Waals surface area contributed by atoms with Gasteiger partial charge in [-0.15, -0.1) is 0 Å². The molecule has 3 N–H and O–H groups in total. The summed E-state index contributed by atoms with van der Waals surface area (Å²) in [5.41, 5.74) is 5.18. The maximum atomic E-state index is 12.3. The summed E-state index contributed by atoms with van der Waals surface area (Å²) >= 11 is 20.2. The highest BCUT2D eigenvalue weighted by atomic mass is 79.9. The molecule has 0 radical (unpaired) electrons. The van der Waals surface area contributed by atoms with Gasteiger partial charge >= 0.3 is 0 Å². The first-order valence-electron chi connectivity index (χ1n) is 8.61. The van der Waals surface area contributed by atoms with Crippen LogP contribution in [0.15, 0.2) is 40.9 Å². The molecule has 0 aliphatic heterocycles. The monoisotopic (exact) mass is 533 g/mol. The minimum atomic E-state index is -0.479. The summed E-state index contributed by atoms with van der Waals surface area (Å²) < 4.78 is 11.4. The number of carbonyl (C=O) groups is 2. The molecule has 0 aromatic heterocycles. The van der Waals surface area contributed by atoms with E-state index in [1.807, 2.05) is 0 Å². The number of hydrogen-bond donors (Lipinski definition) is 3. The van der Waals surface area contributed by atoms with Gasteiger partial charge in [0.05, 0.1) is 24.3 Å². The number of methoxy groups -OCH3 is 1. The third-order valence-electron chi connectivity index (χ3n) is 3.65. The second-order valence-electron chi connectivity index (χ2n) is 5.83. The Morgan fingerprint density at radius 3 is 2.53 bits per heavy atom. The van der Waals surface area contributed by atoms with Crippen LogP contribution in [0.4, 0.5) is 0 Å². The Morgan fingerprint density at radius 1 is 1.10 bits per heavy atom. The van der Waals surface area contributed by atoms with E-state index < -0.39 is 5.91 Å². The Hall–Kier alpha value is -2.07. The van der Waals surface area contributed by atoms with Gasteiger partial charge in [0, 0.05) is 15.9 Å². The summed E-state index contributed by atoms with van der Waals surface area (Å²) in [4.78, 5) is 24.2. The van der Waals surface area contributed by atoms with Crippen molar-refractivity contribution in [3.05, 3.63) is 56.5 Å². The summed E-state index contributed by atoms with van der Waals surface area (Å²) in [7, 11) is 1.46. The third-order valence-corrected chi connectivity index (χ3v) is 4.88.